The molecule has 0 N–H and O–H groups in total. The minimum Gasteiger partial charge on any atom is -0.206 e. The van der Waals surface area contributed by atoms with E-state index in [0.29, 0.717) is 0 Å². The van der Waals surface area contributed by atoms with Crippen LogP contribution < -0.4 is 0 Å². The highest BCUT2D eigenvalue weighted by atomic mass is 19.1. The van der Waals surface area contributed by atoms with E-state index in [1.807, 2.05) is 30.3 Å². The molecule has 2 aromatic rings. The van der Waals surface area contributed by atoms with Crippen molar-refractivity contribution in [3.8, 4) is 29.0 Å². The third kappa shape index (κ3) is 5.26. The summed E-state index contributed by atoms with van der Waals surface area (Å²) < 4.78 is 13.9. The summed E-state index contributed by atoms with van der Waals surface area (Å²) >= 11 is 0. The van der Waals surface area contributed by atoms with Crippen molar-refractivity contribution in [2.45, 2.75) is 58.3 Å². The van der Waals surface area contributed by atoms with Crippen LogP contribution in [-0.4, -0.2) is 0 Å². The Morgan fingerprint density at radius 3 is 2.26 bits per heavy atom. The minimum atomic E-state index is -0.482. The molecule has 0 heterocycles. The quantitative estimate of drug-likeness (QED) is 0.476. The summed E-state index contributed by atoms with van der Waals surface area (Å²) in [6, 6.07) is 14.5. The van der Waals surface area contributed by atoms with Gasteiger partial charge in [-0.15, -0.1) is 0 Å². The van der Waals surface area contributed by atoms with Crippen molar-refractivity contribution in [2.75, 3.05) is 0 Å². The van der Waals surface area contributed by atoms with E-state index in [-0.39, 0.29) is 5.56 Å². The molecule has 0 radical (unpaired) electrons. The Morgan fingerprint density at radius 2 is 1.65 bits per heavy atom. The molecule has 2 aromatic carbocycles. The molecule has 2 heteroatoms. The molecule has 0 aliphatic heterocycles. The lowest BCUT2D eigenvalue weighted by Crippen LogP contribution is -2.22. The molecule has 0 amide bonds. The number of hydrogen-bond donors (Lipinski definition) is 0. The van der Waals surface area contributed by atoms with Crippen molar-refractivity contribution in [1.29, 1.82) is 5.26 Å². The van der Waals surface area contributed by atoms with Crippen LogP contribution in [0.1, 0.15) is 69.4 Å². The summed E-state index contributed by atoms with van der Waals surface area (Å²) in [7, 11) is 0. The predicted octanol–water partition coefficient (Wildman–Crippen LogP) is 7.66. The van der Waals surface area contributed by atoms with Crippen LogP contribution in [0.5, 0.6) is 0 Å². The maximum Gasteiger partial charge on any atom is 0.141 e. The van der Waals surface area contributed by atoms with Crippen molar-refractivity contribution >= 4 is 0 Å². The van der Waals surface area contributed by atoms with E-state index in [9.17, 15) is 4.39 Å². The highest BCUT2D eigenvalue weighted by Gasteiger charge is 2.27. The Bertz CT molecular complexity index is 1040. The second kappa shape index (κ2) is 9.98. The Labute approximate surface area is 186 Å². The number of halogens is 1. The number of rotatable bonds is 3. The van der Waals surface area contributed by atoms with Crippen LogP contribution in [0.3, 0.4) is 0 Å². The third-order valence-electron chi connectivity index (χ3n) is 7.26. The molecule has 4 rings (SSSR count). The van der Waals surface area contributed by atoms with E-state index in [2.05, 4.69) is 24.8 Å². The molecule has 0 aromatic heterocycles. The van der Waals surface area contributed by atoms with E-state index < -0.39 is 5.82 Å². The van der Waals surface area contributed by atoms with Crippen LogP contribution in [-0.2, 0) is 0 Å². The second-order valence-electron chi connectivity index (χ2n) is 9.09. The van der Waals surface area contributed by atoms with Gasteiger partial charge >= 0.3 is 0 Å². The van der Waals surface area contributed by atoms with Crippen LogP contribution in [0.15, 0.2) is 54.1 Å². The summed E-state index contributed by atoms with van der Waals surface area (Å²) in [5.74, 6) is 8.94. The van der Waals surface area contributed by atoms with Crippen molar-refractivity contribution in [2.24, 2.45) is 17.8 Å². The fourth-order valence-corrected chi connectivity index (χ4v) is 5.15. The normalized spacial score (nSPS) is 23.3. The summed E-state index contributed by atoms with van der Waals surface area (Å²) in [5, 5.41) is 8.87. The van der Waals surface area contributed by atoms with E-state index in [4.69, 9.17) is 5.26 Å². The Balaban J connectivity index is 1.36. The molecule has 0 bridgehead atoms. The molecular formula is C29H30FN. The SMILES string of the molecule is CCC1CCC(C2CC=C(C#Cc3ccc(-c4ccc(C#N)c(F)c4)cc3)CC2)CC1. The topological polar surface area (TPSA) is 23.8 Å². The summed E-state index contributed by atoms with van der Waals surface area (Å²) in [5.41, 5.74) is 4.01. The first-order chi connectivity index (χ1) is 15.2. The zero-order chi connectivity index (χ0) is 21.6. The van der Waals surface area contributed by atoms with Crippen molar-refractivity contribution < 1.29 is 4.39 Å². The van der Waals surface area contributed by atoms with Crippen molar-refractivity contribution in [1.82, 2.24) is 0 Å². The van der Waals surface area contributed by atoms with E-state index >= 15 is 0 Å². The smallest absolute Gasteiger partial charge is 0.141 e. The molecule has 158 valence electrons. The molecule has 0 spiro atoms. The highest BCUT2D eigenvalue weighted by Crippen LogP contribution is 2.40. The van der Waals surface area contributed by atoms with Crippen LogP contribution >= 0.6 is 0 Å². The first-order valence-electron chi connectivity index (χ1n) is 11.7. The lowest BCUT2D eigenvalue weighted by molar-refractivity contribution is 0.190. The van der Waals surface area contributed by atoms with Crippen LogP contribution in [0.25, 0.3) is 11.1 Å². The predicted molar refractivity (Wildman–Crippen MR) is 125 cm³/mol. The number of allylic oxidation sites excluding steroid dienone is 2. The zero-order valence-electron chi connectivity index (χ0n) is 18.3. The fraction of sp³-hybridized carbons (Fsp3) is 0.414. The second-order valence-corrected chi connectivity index (χ2v) is 9.09. The monoisotopic (exact) mass is 411 g/mol. The molecule has 2 aliphatic rings. The van der Waals surface area contributed by atoms with Gasteiger partial charge in [-0.2, -0.15) is 5.26 Å². The number of hydrogen-bond acceptors (Lipinski definition) is 1. The lowest BCUT2D eigenvalue weighted by Gasteiger charge is -2.34. The molecule has 1 fully saturated rings. The summed E-state index contributed by atoms with van der Waals surface area (Å²) in [6.45, 7) is 2.33. The highest BCUT2D eigenvalue weighted by molar-refractivity contribution is 5.65. The average molecular weight is 412 g/mol. The molecule has 1 nitrogen and oxygen atoms in total. The third-order valence-corrected chi connectivity index (χ3v) is 7.26. The number of nitrogens with zero attached hydrogens (tertiary/aromatic N) is 1. The van der Waals surface area contributed by atoms with Gasteiger partial charge in [0.15, 0.2) is 0 Å². The maximum atomic E-state index is 13.9. The molecule has 1 saturated carbocycles. The van der Waals surface area contributed by atoms with Gasteiger partial charge in [0.25, 0.3) is 0 Å². The Morgan fingerprint density at radius 1 is 0.903 bits per heavy atom. The Hall–Kier alpha value is -2.84. The Kier molecular flexibility index (Phi) is 6.89. The molecule has 31 heavy (non-hydrogen) atoms. The average Bonchev–Trinajstić information content (AvgIpc) is 2.83. The molecule has 1 unspecified atom stereocenters. The first-order valence-corrected chi connectivity index (χ1v) is 11.7. The number of nitriles is 1. The molecule has 0 saturated heterocycles. The van der Waals surface area contributed by atoms with Gasteiger partial charge in [-0.1, -0.05) is 62.3 Å². The fourth-order valence-electron chi connectivity index (χ4n) is 5.15. The van der Waals surface area contributed by atoms with Crippen molar-refractivity contribution in [3.63, 3.8) is 0 Å². The van der Waals surface area contributed by atoms with Crippen LogP contribution in [0.4, 0.5) is 4.39 Å². The van der Waals surface area contributed by atoms with Gasteiger partial charge in [-0.05, 0) is 90.8 Å². The van der Waals surface area contributed by atoms with Gasteiger partial charge in [-0.3, -0.25) is 0 Å². The molecular weight excluding hydrogens is 381 g/mol. The number of benzene rings is 2. The van der Waals surface area contributed by atoms with Crippen LogP contribution in [0.2, 0.25) is 0 Å². The van der Waals surface area contributed by atoms with E-state index in [1.54, 1.807) is 6.07 Å². The summed E-state index contributed by atoms with van der Waals surface area (Å²) in [4.78, 5) is 0. The van der Waals surface area contributed by atoms with Gasteiger partial charge < -0.3 is 0 Å². The van der Waals surface area contributed by atoms with E-state index in [0.717, 1.165) is 40.9 Å². The molecule has 2 aliphatic carbocycles. The molecule has 1 atom stereocenters. The van der Waals surface area contributed by atoms with Gasteiger partial charge in [0.2, 0.25) is 0 Å². The van der Waals surface area contributed by atoms with Gasteiger partial charge in [0, 0.05) is 5.56 Å². The maximum absolute atomic E-state index is 13.9. The van der Waals surface area contributed by atoms with Gasteiger partial charge in [-0.25, -0.2) is 4.39 Å². The lowest BCUT2D eigenvalue weighted by atomic mass is 9.71. The van der Waals surface area contributed by atoms with Crippen LogP contribution in [0, 0.1) is 46.7 Å². The summed E-state index contributed by atoms with van der Waals surface area (Å²) in [6.07, 6.45) is 13.0. The minimum absolute atomic E-state index is 0.0721. The van der Waals surface area contributed by atoms with Gasteiger partial charge in [0.1, 0.15) is 11.9 Å². The largest absolute Gasteiger partial charge is 0.206 e. The van der Waals surface area contributed by atoms with E-state index in [1.165, 1.54) is 62.7 Å². The van der Waals surface area contributed by atoms with Crippen molar-refractivity contribution in [3.05, 3.63) is 71.1 Å². The first kappa shape index (κ1) is 21.4. The van der Waals surface area contributed by atoms with Gasteiger partial charge in [0.05, 0.1) is 5.56 Å². The standard InChI is InChI=1S/C29H30FN/c1-2-21-5-11-24(12-6-21)25-13-7-22(8-14-25)3-4-23-9-15-26(16-10-23)27-17-18-28(20-31)29(30)19-27/h7,9-10,15-19,21,24-25H,2,5-6,8,11-14H2,1H3. The zero-order valence-corrected chi connectivity index (χ0v) is 18.3.